The van der Waals surface area contributed by atoms with E-state index in [0.717, 1.165) is 36.9 Å². The topological polar surface area (TPSA) is 79.5 Å². The number of pyridine rings is 1. The maximum absolute atomic E-state index is 12.6. The Morgan fingerprint density at radius 2 is 2.04 bits per heavy atom. The van der Waals surface area contributed by atoms with Crippen molar-refractivity contribution in [3.8, 4) is 0 Å². The van der Waals surface area contributed by atoms with Gasteiger partial charge in [0.25, 0.3) is 6.73 Å². The minimum atomic E-state index is 0.188. The largest absolute Gasteiger partial charge is 0.320 e. The number of aromatic nitrogens is 1. The molecule has 2 heterocycles. The summed E-state index contributed by atoms with van der Waals surface area (Å²) in [6, 6.07) is 3.75. The third kappa shape index (κ3) is 5.42. The lowest BCUT2D eigenvalue weighted by Gasteiger charge is -2.21. The standard InChI is InChI=1S/C20H24N4O3/c25-20(17-6-2-1-3-7-17)18-9-12-23(13-10-18)15-27-16-24-11-5-4-8-19(24)14-21-22-26/h4-5,8-14,17H,1-3,6-7,15-16H2/p+2/b19-14+. The Morgan fingerprint density at radius 1 is 1.26 bits per heavy atom. The first kappa shape index (κ1) is 19.1. The van der Waals surface area contributed by atoms with Gasteiger partial charge in [-0.2, -0.15) is 9.99 Å². The van der Waals surface area contributed by atoms with Crippen LogP contribution >= 0.6 is 0 Å². The summed E-state index contributed by atoms with van der Waals surface area (Å²) in [5.41, 5.74) is 2.82. The van der Waals surface area contributed by atoms with E-state index in [1.165, 1.54) is 11.8 Å². The van der Waals surface area contributed by atoms with Crippen LogP contribution in [0.2, 0.25) is 0 Å². The third-order valence-corrected chi connectivity index (χ3v) is 4.90. The number of hydrogen-bond donors (Lipinski definition) is 1. The van der Waals surface area contributed by atoms with Crippen molar-refractivity contribution in [3.63, 3.8) is 0 Å². The van der Waals surface area contributed by atoms with Crippen molar-refractivity contribution in [2.24, 2.45) is 11.2 Å². The zero-order chi connectivity index (χ0) is 18.9. The molecule has 3 rings (SSSR count). The van der Waals surface area contributed by atoms with Crippen molar-refractivity contribution in [2.45, 2.75) is 38.8 Å². The number of quaternary nitrogens is 1. The second-order valence-electron chi connectivity index (χ2n) is 6.78. The molecule has 0 radical (unpaired) electrons. The molecule has 0 amide bonds. The number of rotatable bonds is 8. The number of carbonyl (C=O) groups is 1. The van der Waals surface area contributed by atoms with Crippen LogP contribution in [0.25, 0.3) is 0 Å². The van der Waals surface area contributed by atoms with Crippen LogP contribution < -0.4 is 9.99 Å². The number of hydrogen-bond acceptors (Lipinski definition) is 5. The Labute approximate surface area is 159 Å². The molecular weight excluding hydrogens is 344 g/mol. The highest BCUT2D eigenvalue weighted by Gasteiger charge is 2.22. The van der Waals surface area contributed by atoms with Crippen LogP contribution in [-0.4, -0.2) is 17.4 Å². The number of nitrogens with zero attached hydrogens (tertiary/aromatic N) is 3. The molecular formula is C20H26N4O3+2. The quantitative estimate of drug-likeness (QED) is 0.250. The van der Waals surface area contributed by atoms with Crippen molar-refractivity contribution >= 4 is 5.78 Å². The molecule has 1 aliphatic heterocycles. The van der Waals surface area contributed by atoms with Crippen molar-refractivity contribution in [1.29, 1.82) is 0 Å². The minimum absolute atomic E-state index is 0.188. The molecule has 0 bridgehead atoms. The van der Waals surface area contributed by atoms with Crippen LogP contribution in [0.3, 0.4) is 0 Å². The molecule has 0 aromatic carbocycles. The summed E-state index contributed by atoms with van der Waals surface area (Å²) in [4.78, 5) is 24.7. The summed E-state index contributed by atoms with van der Waals surface area (Å²) in [6.45, 7) is 0.712. The highest BCUT2D eigenvalue weighted by molar-refractivity contribution is 5.97. The molecule has 0 spiro atoms. The highest BCUT2D eigenvalue weighted by atomic mass is 16.5. The first-order valence-electron chi connectivity index (χ1n) is 9.36. The summed E-state index contributed by atoms with van der Waals surface area (Å²) in [7, 11) is 0. The fraction of sp³-hybridized carbons (Fsp3) is 0.400. The van der Waals surface area contributed by atoms with Crippen LogP contribution in [0, 0.1) is 10.8 Å². The summed E-state index contributed by atoms with van der Waals surface area (Å²) in [5.74, 6) is 0.454. The fourth-order valence-corrected chi connectivity index (χ4v) is 3.42. The average molecular weight is 370 g/mol. The maximum atomic E-state index is 12.6. The Hall–Kier alpha value is -2.64. The van der Waals surface area contributed by atoms with Crippen molar-refractivity contribution in [1.82, 2.24) is 4.90 Å². The number of ether oxygens (including phenoxy) is 1. The molecule has 1 aromatic heterocycles. The monoisotopic (exact) mass is 370 g/mol. The van der Waals surface area contributed by atoms with Gasteiger partial charge in [0.05, 0.1) is 5.70 Å². The van der Waals surface area contributed by atoms with Gasteiger partial charge in [0.15, 0.2) is 23.5 Å². The first-order chi connectivity index (χ1) is 13.3. The van der Waals surface area contributed by atoms with Gasteiger partial charge in [-0.3, -0.25) is 4.79 Å². The molecule has 1 aromatic rings. The maximum Gasteiger partial charge on any atom is 0.254 e. The number of Topliss-reactive ketones (excluding diaryl/α,β-unsaturated/α-hetero) is 1. The predicted molar refractivity (Wildman–Crippen MR) is 99.4 cm³/mol. The number of ketones is 1. The molecule has 1 fully saturated rings. The van der Waals surface area contributed by atoms with Gasteiger partial charge < -0.3 is 9.64 Å². The van der Waals surface area contributed by atoms with E-state index in [9.17, 15) is 9.70 Å². The molecule has 0 unspecified atom stereocenters. The summed E-state index contributed by atoms with van der Waals surface area (Å²) < 4.78 is 7.63. The smallest absolute Gasteiger partial charge is 0.254 e. The van der Waals surface area contributed by atoms with Gasteiger partial charge in [0.2, 0.25) is 0 Å². The van der Waals surface area contributed by atoms with Crippen molar-refractivity contribution in [2.75, 3.05) is 6.73 Å². The summed E-state index contributed by atoms with van der Waals surface area (Å²) in [6.07, 6.45) is 18.5. The van der Waals surface area contributed by atoms with Gasteiger partial charge in [-0.25, -0.2) is 0 Å². The summed E-state index contributed by atoms with van der Waals surface area (Å²) in [5, 5.41) is 2.74. The van der Waals surface area contributed by atoms with E-state index in [0.29, 0.717) is 13.5 Å². The van der Waals surface area contributed by atoms with Gasteiger partial charge in [-0.05, 0) is 25.0 Å². The third-order valence-electron chi connectivity index (χ3n) is 4.90. The van der Waals surface area contributed by atoms with E-state index >= 15 is 0 Å². The zero-order valence-corrected chi connectivity index (χ0v) is 15.4. The molecule has 7 nitrogen and oxygen atoms in total. The summed E-state index contributed by atoms with van der Waals surface area (Å²) >= 11 is 0. The van der Waals surface area contributed by atoms with Gasteiger partial charge in [0, 0.05) is 29.8 Å². The Bertz CT molecular complexity index is 734. The van der Waals surface area contributed by atoms with Crippen LogP contribution in [0.5, 0.6) is 0 Å². The van der Waals surface area contributed by atoms with Gasteiger partial charge in [-0.15, -0.1) is 0 Å². The second kappa shape index (κ2) is 9.89. The predicted octanol–water partition coefficient (Wildman–Crippen LogP) is 2.14. The van der Waals surface area contributed by atoms with Crippen LogP contribution in [-0.2, 0) is 11.5 Å². The molecule has 27 heavy (non-hydrogen) atoms. The molecule has 2 aliphatic rings. The SMILES string of the molecule is O=N[NH2+]/C=C1\C=CC=CN1COC[n+]1ccc(C(=O)C2CCCCC2)cc1. The zero-order valence-electron chi connectivity index (χ0n) is 15.4. The van der Waals surface area contributed by atoms with E-state index in [1.54, 1.807) is 6.20 Å². The number of allylic oxidation sites excluding steroid dienone is 3. The number of nitroso groups, excluding NO2 is 1. The van der Waals surface area contributed by atoms with E-state index in [4.69, 9.17) is 4.74 Å². The van der Waals surface area contributed by atoms with Crippen molar-refractivity contribution < 1.29 is 19.5 Å². The molecule has 1 saturated carbocycles. The molecule has 2 N–H and O–H groups in total. The van der Waals surface area contributed by atoms with Gasteiger partial charge in [0.1, 0.15) is 12.9 Å². The first-order valence-corrected chi connectivity index (χ1v) is 9.36. The molecule has 1 aliphatic carbocycles. The Morgan fingerprint density at radius 3 is 2.78 bits per heavy atom. The van der Waals surface area contributed by atoms with E-state index < -0.39 is 0 Å². The minimum Gasteiger partial charge on any atom is -0.320 e. The van der Waals surface area contributed by atoms with Crippen molar-refractivity contribution in [3.05, 3.63) is 71.3 Å². The van der Waals surface area contributed by atoms with Crippen LogP contribution in [0.15, 0.2) is 66.1 Å². The lowest BCUT2D eigenvalue weighted by atomic mass is 9.84. The second-order valence-corrected chi connectivity index (χ2v) is 6.78. The Balaban J connectivity index is 1.50. The average Bonchev–Trinajstić information content (AvgIpc) is 2.73. The lowest BCUT2D eigenvalue weighted by Crippen LogP contribution is -2.71. The van der Waals surface area contributed by atoms with Gasteiger partial charge in [-0.1, -0.05) is 30.2 Å². The molecule has 0 saturated heterocycles. The fourth-order valence-electron chi connectivity index (χ4n) is 3.42. The van der Waals surface area contributed by atoms with Gasteiger partial charge >= 0.3 is 0 Å². The molecule has 0 atom stereocenters. The van der Waals surface area contributed by atoms with Crippen LogP contribution in [0.1, 0.15) is 42.5 Å². The highest BCUT2D eigenvalue weighted by Crippen LogP contribution is 2.26. The normalized spacial score (nSPS) is 18.8. The number of nitrogens with two attached hydrogens (primary N) is 1. The van der Waals surface area contributed by atoms with E-state index in [1.807, 2.05) is 58.4 Å². The lowest BCUT2D eigenvalue weighted by molar-refractivity contribution is -0.733. The molecule has 142 valence electrons. The van der Waals surface area contributed by atoms with E-state index in [-0.39, 0.29) is 11.7 Å². The molecule has 7 heteroatoms. The Kier molecular flexibility index (Phi) is 7.01. The van der Waals surface area contributed by atoms with Crippen LogP contribution in [0.4, 0.5) is 0 Å². The van der Waals surface area contributed by atoms with E-state index in [2.05, 4.69) is 5.29 Å². The number of carbonyl (C=O) groups excluding carboxylic acids is 1.